The fourth-order valence-corrected chi connectivity index (χ4v) is 1.37. The van der Waals surface area contributed by atoms with E-state index in [9.17, 15) is 0 Å². The van der Waals surface area contributed by atoms with Gasteiger partial charge < -0.3 is 9.55 Å². The number of hydrogen-bond acceptors (Lipinski definition) is 3. The van der Waals surface area contributed by atoms with Crippen molar-refractivity contribution < 1.29 is 0 Å². The molecule has 15 heavy (non-hydrogen) atoms. The Balaban J connectivity index is 2.40. The van der Waals surface area contributed by atoms with Crippen LogP contribution in [0.15, 0.2) is 24.8 Å². The number of hydrogen-bond donors (Lipinski definition) is 2. The molecule has 5 heteroatoms. The highest BCUT2D eigenvalue weighted by atomic mass is 15.1. The van der Waals surface area contributed by atoms with Crippen LogP contribution in [0.25, 0.3) is 11.2 Å². The summed E-state index contributed by atoms with van der Waals surface area (Å²) in [6, 6.07) is 0. The Labute approximate surface area is 87.0 Å². The van der Waals surface area contributed by atoms with Crippen molar-refractivity contribution in [3.63, 3.8) is 0 Å². The van der Waals surface area contributed by atoms with Gasteiger partial charge in [-0.2, -0.15) is 0 Å². The van der Waals surface area contributed by atoms with Crippen molar-refractivity contribution in [3.8, 4) is 0 Å². The Morgan fingerprint density at radius 3 is 3.13 bits per heavy atom. The molecule has 5 nitrogen and oxygen atoms in total. The van der Waals surface area contributed by atoms with Gasteiger partial charge in [0.1, 0.15) is 5.52 Å². The quantitative estimate of drug-likeness (QED) is 0.736. The van der Waals surface area contributed by atoms with Gasteiger partial charge in [0.15, 0.2) is 11.1 Å². The lowest BCUT2D eigenvalue weighted by atomic mass is 10.2. The molecule has 2 N–H and O–H groups in total. The second-order valence-electron chi connectivity index (χ2n) is 3.59. The van der Waals surface area contributed by atoms with Gasteiger partial charge in [-0.3, -0.25) is 5.41 Å². The second kappa shape index (κ2) is 3.68. The summed E-state index contributed by atoms with van der Waals surface area (Å²) in [7, 11) is 0. The smallest absolute Gasteiger partial charge is 0.182 e. The first-order valence-corrected chi connectivity index (χ1v) is 4.76. The molecular weight excluding hydrogens is 190 g/mol. The van der Waals surface area contributed by atoms with Crippen molar-refractivity contribution in [2.45, 2.75) is 19.9 Å². The van der Waals surface area contributed by atoms with Crippen LogP contribution in [0.2, 0.25) is 0 Å². The maximum absolute atomic E-state index is 7.92. The van der Waals surface area contributed by atoms with Crippen molar-refractivity contribution in [1.82, 2.24) is 19.5 Å². The largest absolute Gasteiger partial charge is 0.340 e. The highest BCUT2D eigenvalue weighted by Crippen LogP contribution is 2.00. The third kappa shape index (κ3) is 1.81. The molecule has 2 aromatic rings. The molecule has 2 aromatic heterocycles. The average Bonchev–Trinajstić information content (AvgIpc) is 2.65. The lowest BCUT2D eigenvalue weighted by Crippen LogP contribution is -2.21. The fraction of sp³-hybridized carbons (Fsp3) is 0.300. The van der Waals surface area contributed by atoms with E-state index in [-0.39, 0.29) is 0 Å². The van der Waals surface area contributed by atoms with E-state index in [0.29, 0.717) is 16.7 Å². The standard InChI is InChI=1S/C10H13N5/c1-7(2)3-4-15-6-14-10-8(9(15)11)12-5-13-10/h5-6,11H,1,3-4H2,2H3,(H,12,13). The van der Waals surface area contributed by atoms with Crippen molar-refractivity contribution in [2.24, 2.45) is 0 Å². The number of aryl methyl sites for hydroxylation is 1. The van der Waals surface area contributed by atoms with Gasteiger partial charge in [0.2, 0.25) is 0 Å². The van der Waals surface area contributed by atoms with Crippen LogP contribution in [0.3, 0.4) is 0 Å². The van der Waals surface area contributed by atoms with Crippen LogP contribution in [-0.4, -0.2) is 19.5 Å². The lowest BCUT2D eigenvalue weighted by molar-refractivity contribution is 0.642. The molecular formula is C10H13N5. The Morgan fingerprint density at radius 2 is 2.40 bits per heavy atom. The summed E-state index contributed by atoms with van der Waals surface area (Å²) in [5.41, 5.74) is 2.79. The first-order valence-electron chi connectivity index (χ1n) is 4.76. The van der Waals surface area contributed by atoms with Crippen LogP contribution in [0.4, 0.5) is 0 Å². The number of rotatable bonds is 3. The summed E-state index contributed by atoms with van der Waals surface area (Å²) in [6.07, 6.45) is 4.06. The Hall–Kier alpha value is -1.91. The molecule has 0 fully saturated rings. The number of allylic oxidation sites excluding steroid dienone is 1. The Kier molecular flexibility index (Phi) is 2.37. The van der Waals surface area contributed by atoms with Gasteiger partial charge in [-0.1, -0.05) is 5.57 Å². The molecule has 0 aromatic carbocycles. The summed E-state index contributed by atoms with van der Waals surface area (Å²) >= 11 is 0. The van der Waals surface area contributed by atoms with E-state index in [4.69, 9.17) is 5.41 Å². The number of imidazole rings is 1. The van der Waals surface area contributed by atoms with Crippen molar-refractivity contribution in [2.75, 3.05) is 0 Å². The van der Waals surface area contributed by atoms with E-state index in [2.05, 4.69) is 21.5 Å². The van der Waals surface area contributed by atoms with Gasteiger partial charge in [0, 0.05) is 6.54 Å². The number of nitrogens with zero attached hydrogens (tertiary/aromatic N) is 3. The van der Waals surface area contributed by atoms with Gasteiger partial charge in [-0.25, -0.2) is 9.97 Å². The molecule has 0 unspecified atom stereocenters. The molecule has 0 radical (unpaired) electrons. The minimum Gasteiger partial charge on any atom is -0.340 e. The number of H-pyrrole nitrogens is 1. The van der Waals surface area contributed by atoms with Crippen LogP contribution in [-0.2, 0) is 6.54 Å². The first-order chi connectivity index (χ1) is 7.18. The summed E-state index contributed by atoms with van der Waals surface area (Å²) in [6.45, 7) is 6.55. The van der Waals surface area contributed by atoms with E-state index >= 15 is 0 Å². The zero-order valence-corrected chi connectivity index (χ0v) is 8.62. The molecule has 0 aliphatic heterocycles. The second-order valence-corrected chi connectivity index (χ2v) is 3.59. The van der Waals surface area contributed by atoms with E-state index in [1.54, 1.807) is 17.2 Å². The molecule has 0 amide bonds. The molecule has 78 valence electrons. The molecule has 0 atom stereocenters. The third-order valence-corrected chi connectivity index (χ3v) is 2.24. The van der Waals surface area contributed by atoms with Crippen molar-refractivity contribution in [3.05, 3.63) is 30.3 Å². The van der Waals surface area contributed by atoms with E-state index in [0.717, 1.165) is 18.5 Å². The minimum atomic E-state index is 0.416. The highest BCUT2D eigenvalue weighted by Gasteiger charge is 2.02. The van der Waals surface area contributed by atoms with Gasteiger partial charge in [0.25, 0.3) is 0 Å². The zero-order chi connectivity index (χ0) is 10.8. The summed E-state index contributed by atoms with van der Waals surface area (Å²) in [4.78, 5) is 11.1. The van der Waals surface area contributed by atoms with Crippen LogP contribution in [0.5, 0.6) is 0 Å². The van der Waals surface area contributed by atoms with Crippen molar-refractivity contribution in [1.29, 1.82) is 5.41 Å². The van der Waals surface area contributed by atoms with Crippen LogP contribution in [0, 0.1) is 5.41 Å². The number of fused-ring (bicyclic) bond motifs is 1. The maximum atomic E-state index is 7.92. The Morgan fingerprint density at radius 1 is 1.60 bits per heavy atom. The lowest BCUT2D eigenvalue weighted by Gasteiger charge is -2.05. The predicted molar refractivity (Wildman–Crippen MR) is 57.2 cm³/mol. The zero-order valence-electron chi connectivity index (χ0n) is 8.62. The Bertz CT molecular complexity index is 548. The summed E-state index contributed by atoms with van der Waals surface area (Å²) in [5, 5.41) is 7.92. The minimum absolute atomic E-state index is 0.416. The first kappa shape index (κ1) is 9.64. The summed E-state index contributed by atoms with van der Waals surface area (Å²) < 4.78 is 1.79. The average molecular weight is 203 g/mol. The molecule has 2 rings (SSSR count). The molecule has 0 aliphatic rings. The van der Waals surface area contributed by atoms with Gasteiger partial charge >= 0.3 is 0 Å². The fourth-order valence-electron chi connectivity index (χ4n) is 1.37. The molecule has 2 heterocycles. The maximum Gasteiger partial charge on any atom is 0.182 e. The van der Waals surface area contributed by atoms with Gasteiger partial charge in [-0.05, 0) is 13.3 Å². The molecule has 0 saturated heterocycles. The van der Waals surface area contributed by atoms with E-state index in [1.807, 2.05) is 6.92 Å². The van der Waals surface area contributed by atoms with Crippen molar-refractivity contribution >= 4 is 11.2 Å². The molecule has 0 aliphatic carbocycles. The highest BCUT2D eigenvalue weighted by molar-refractivity contribution is 5.67. The van der Waals surface area contributed by atoms with Crippen LogP contribution >= 0.6 is 0 Å². The molecule has 0 saturated carbocycles. The van der Waals surface area contributed by atoms with E-state index < -0.39 is 0 Å². The summed E-state index contributed by atoms with van der Waals surface area (Å²) in [5.74, 6) is 0. The molecule has 0 bridgehead atoms. The number of nitrogens with one attached hydrogen (secondary N) is 2. The van der Waals surface area contributed by atoms with Crippen LogP contribution < -0.4 is 5.49 Å². The normalized spacial score (nSPS) is 10.7. The number of aromatic amines is 1. The van der Waals surface area contributed by atoms with E-state index in [1.165, 1.54) is 0 Å². The van der Waals surface area contributed by atoms with Gasteiger partial charge in [0.05, 0.1) is 12.7 Å². The van der Waals surface area contributed by atoms with Crippen LogP contribution in [0.1, 0.15) is 13.3 Å². The van der Waals surface area contributed by atoms with Gasteiger partial charge in [-0.15, -0.1) is 6.58 Å². The third-order valence-electron chi connectivity index (χ3n) is 2.24. The topological polar surface area (TPSA) is 70.3 Å². The number of aromatic nitrogens is 4. The monoisotopic (exact) mass is 203 g/mol. The SMILES string of the molecule is C=C(C)CCn1cnc2nc[nH]c2c1=N. The molecule has 0 spiro atoms. The predicted octanol–water partition coefficient (Wildman–Crippen LogP) is 1.21.